The lowest BCUT2D eigenvalue weighted by Gasteiger charge is -2.39. The van der Waals surface area contributed by atoms with Crippen LogP contribution in [-0.2, 0) is 0 Å². The van der Waals surface area contributed by atoms with Crippen LogP contribution in [0.5, 0.6) is 0 Å². The van der Waals surface area contributed by atoms with Gasteiger partial charge in [0.25, 0.3) is 0 Å². The fourth-order valence-electron chi connectivity index (χ4n) is 3.35. The zero-order valence-electron chi connectivity index (χ0n) is 13.8. The van der Waals surface area contributed by atoms with E-state index in [1.807, 2.05) is 12.3 Å². The number of aliphatic hydroxyl groups is 2. The minimum atomic E-state index is -0.176. The SMILES string of the molecule is CN1CCN(c2nccc(N3CCC(O)CC3)n2)CC1CCO. The zero-order chi connectivity index (χ0) is 16.2. The van der Waals surface area contributed by atoms with Crippen LogP contribution in [-0.4, -0.2) is 83.6 Å². The van der Waals surface area contributed by atoms with E-state index in [9.17, 15) is 10.2 Å². The van der Waals surface area contributed by atoms with Gasteiger partial charge in [0.15, 0.2) is 0 Å². The standard InChI is InChI=1S/C16H27N5O2/c1-19-9-10-21(12-13(19)5-11-22)16-17-6-2-15(18-16)20-7-3-14(23)4-8-20/h2,6,13-14,22-23H,3-5,7-12H2,1H3. The van der Waals surface area contributed by atoms with Gasteiger partial charge in [-0.1, -0.05) is 0 Å². The van der Waals surface area contributed by atoms with Gasteiger partial charge in [-0.3, -0.25) is 4.90 Å². The van der Waals surface area contributed by atoms with Gasteiger partial charge in [0, 0.05) is 51.6 Å². The van der Waals surface area contributed by atoms with Gasteiger partial charge in [0.05, 0.1) is 6.10 Å². The maximum absolute atomic E-state index is 9.64. The van der Waals surface area contributed by atoms with Gasteiger partial charge in [-0.2, -0.15) is 4.98 Å². The second kappa shape index (κ2) is 7.42. The van der Waals surface area contributed by atoms with Crippen molar-refractivity contribution in [3.05, 3.63) is 12.3 Å². The van der Waals surface area contributed by atoms with Crippen LogP contribution in [0.15, 0.2) is 12.3 Å². The summed E-state index contributed by atoms with van der Waals surface area (Å²) >= 11 is 0. The Labute approximate surface area is 137 Å². The Morgan fingerprint density at radius 1 is 1.17 bits per heavy atom. The molecule has 1 unspecified atom stereocenters. The number of nitrogens with zero attached hydrogens (tertiary/aromatic N) is 5. The number of rotatable bonds is 4. The van der Waals surface area contributed by atoms with Crippen molar-refractivity contribution >= 4 is 11.8 Å². The molecule has 3 heterocycles. The molecule has 0 spiro atoms. The number of likely N-dealkylation sites (N-methyl/N-ethyl adjacent to an activating group) is 1. The summed E-state index contributed by atoms with van der Waals surface area (Å²) in [6.07, 6.45) is 4.02. The van der Waals surface area contributed by atoms with Gasteiger partial charge < -0.3 is 20.0 Å². The molecule has 2 N–H and O–H groups in total. The molecule has 3 rings (SSSR count). The predicted octanol–water partition coefficient (Wildman–Crippen LogP) is -0.0595. The van der Waals surface area contributed by atoms with E-state index in [0.717, 1.165) is 63.8 Å². The molecule has 0 radical (unpaired) electrons. The summed E-state index contributed by atoms with van der Waals surface area (Å²) in [5.74, 6) is 1.71. The van der Waals surface area contributed by atoms with Gasteiger partial charge in [-0.15, -0.1) is 0 Å². The minimum Gasteiger partial charge on any atom is -0.396 e. The third-order valence-corrected chi connectivity index (χ3v) is 4.94. The molecule has 128 valence electrons. The van der Waals surface area contributed by atoms with Gasteiger partial charge in [0.1, 0.15) is 5.82 Å². The number of aromatic nitrogens is 2. The van der Waals surface area contributed by atoms with Crippen molar-refractivity contribution in [2.45, 2.75) is 31.4 Å². The van der Waals surface area contributed by atoms with E-state index >= 15 is 0 Å². The third kappa shape index (κ3) is 3.91. The van der Waals surface area contributed by atoms with E-state index in [2.05, 4.69) is 26.7 Å². The van der Waals surface area contributed by atoms with Crippen LogP contribution in [0.25, 0.3) is 0 Å². The van der Waals surface area contributed by atoms with E-state index in [1.54, 1.807) is 0 Å². The van der Waals surface area contributed by atoms with Crippen LogP contribution < -0.4 is 9.80 Å². The molecule has 2 fully saturated rings. The monoisotopic (exact) mass is 321 g/mol. The van der Waals surface area contributed by atoms with E-state index < -0.39 is 0 Å². The van der Waals surface area contributed by atoms with Crippen molar-refractivity contribution in [2.24, 2.45) is 0 Å². The number of hydrogen-bond acceptors (Lipinski definition) is 7. The van der Waals surface area contributed by atoms with Crippen molar-refractivity contribution in [1.82, 2.24) is 14.9 Å². The highest BCUT2D eigenvalue weighted by atomic mass is 16.3. The number of piperidine rings is 1. The molecular weight excluding hydrogens is 294 g/mol. The molecular formula is C16H27N5O2. The van der Waals surface area contributed by atoms with Crippen LogP contribution in [0.2, 0.25) is 0 Å². The number of anilines is 2. The second-order valence-corrected chi connectivity index (χ2v) is 6.53. The van der Waals surface area contributed by atoms with E-state index in [1.165, 1.54) is 0 Å². The third-order valence-electron chi connectivity index (χ3n) is 4.94. The van der Waals surface area contributed by atoms with E-state index in [-0.39, 0.29) is 12.7 Å². The summed E-state index contributed by atoms with van der Waals surface area (Å²) in [6.45, 7) is 4.59. The average Bonchev–Trinajstić information content (AvgIpc) is 2.58. The molecule has 0 bridgehead atoms. The maximum atomic E-state index is 9.64. The molecule has 0 aliphatic carbocycles. The van der Waals surface area contributed by atoms with Crippen LogP contribution in [0.1, 0.15) is 19.3 Å². The predicted molar refractivity (Wildman–Crippen MR) is 89.8 cm³/mol. The number of hydrogen-bond donors (Lipinski definition) is 2. The lowest BCUT2D eigenvalue weighted by molar-refractivity contribution is 0.145. The zero-order valence-corrected chi connectivity index (χ0v) is 13.8. The maximum Gasteiger partial charge on any atom is 0.227 e. The molecule has 1 atom stereocenters. The Hall–Kier alpha value is -1.44. The largest absolute Gasteiger partial charge is 0.396 e. The molecule has 1 aromatic heterocycles. The van der Waals surface area contributed by atoms with Crippen molar-refractivity contribution in [1.29, 1.82) is 0 Å². The summed E-state index contributed by atoms with van der Waals surface area (Å²) in [6, 6.07) is 2.29. The first kappa shape index (κ1) is 16.4. The molecule has 0 saturated carbocycles. The normalized spacial score (nSPS) is 24.2. The van der Waals surface area contributed by atoms with Crippen LogP contribution in [0.3, 0.4) is 0 Å². The van der Waals surface area contributed by atoms with Crippen molar-refractivity contribution in [2.75, 3.05) is 56.2 Å². The van der Waals surface area contributed by atoms with Crippen molar-refractivity contribution in [3.8, 4) is 0 Å². The molecule has 23 heavy (non-hydrogen) atoms. The molecule has 2 aliphatic rings. The number of piperazine rings is 1. The summed E-state index contributed by atoms with van der Waals surface area (Å²) < 4.78 is 0. The Balaban J connectivity index is 1.69. The first-order valence-electron chi connectivity index (χ1n) is 8.49. The molecule has 0 amide bonds. The quantitative estimate of drug-likeness (QED) is 0.804. The molecule has 2 saturated heterocycles. The second-order valence-electron chi connectivity index (χ2n) is 6.53. The van der Waals surface area contributed by atoms with Crippen LogP contribution >= 0.6 is 0 Å². The average molecular weight is 321 g/mol. The molecule has 2 aliphatic heterocycles. The molecule has 7 nitrogen and oxygen atoms in total. The Kier molecular flexibility index (Phi) is 5.30. The van der Waals surface area contributed by atoms with Gasteiger partial charge in [-0.05, 0) is 32.4 Å². The smallest absolute Gasteiger partial charge is 0.227 e. The lowest BCUT2D eigenvalue weighted by Crippen LogP contribution is -2.52. The fourth-order valence-corrected chi connectivity index (χ4v) is 3.35. The Bertz CT molecular complexity index is 507. The first-order chi connectivity index (χ1) is 11.2. The molecule has 1 aromatic rings. The summed E-state index contributed by atoms with van der Waals surface area (Å²) in [4.78, 5) is 15.9. The van der Waals surface area contributed by atoms with Crippen LogP contribution in [0, 0.1) is 0 Å². The summed E-state index contributed by atoms with van der Waals surface area (Å²) in [5, 5.41) is 18.9. The van der Waals surface area contributed by atoms with Gasteiger partial charge in [0.2, 0.25) is 5.95 Å². The lowest BCUT2D eigenvalue weighted by atomic mass is 10.1. The Morgan fingerprint density at radius 2 is 1.96 bits per heavy atom. The summed E-state index contributed by atoms with van der Waals surface area (Å²) in [7, 11) is 2.11. The number of aliphatic hydroxyl groups excluding tert-OH is 2. The fraction of sp³-hybridized carbons (Fsp3) is 0.750. The van der Waals surface area contributed by atoms with Gasteiger partial charge in [-0.25, -0.2) is 4.98 Å². The van der Waals surface area contributed by atoms with Gasteiger partial charge >= 0.3 is 0 Å². The van der Waals surface area contributed by atoms with E-state index in [4.69, 9.17) is 4.98 Å². The highest BCUT2D eigenvalue weighted by Crippen LogP contribution is 2.21. The highest BCUT2D eigenvalue weighted by molar-refractivity contribution is 5.44. The minimum absolute atomic E-state index is 0.176. The highest BCUT2D eigenvalue weighted by Gasteiger charge is 2.26. The van der Waals surface area contributed by atoms with Crippen LogP contribution in [0.4, 0.5) is 11.8 Å². The van der Waals surface area contributed by atoms with Crippen molar-refractivity contribution < 1.29 is 10.2 Å². The van der Waals surface area contributed by atoms with Crippen molar-refractivity contribution in [3.63, 3.8) is 0 Å². The Morgan fingerprint density at radius 3 is 2.70 bits per heavy atom. The first-order valence-corrected chi connectivity index (χ1v) is 8.49. The topological polar surface area (TPSA) is 76.0 Å². The summed E-state index contributed by atoms with van der Waals surface area (Å²) in [5.41, 5.74) is 0. The van der Waals surface area contributed by atoms with E-state index in [0.29, 0.717) is 6.04 Å². The molecule has 7 heteroatoms. The molecule has 0 aromatic carbocycles.